The molecule has 0 unspecified atom stereocenters. The van der Waals surface area contributed by atoms with Crippen molar-refractivity contribution in [2.75, 3.05) is 13.1 Å². The summed E-state index contributed by atoms with van der Waals surface area (Å²) in [6.07, 6.45) is 4.96. The van der Waals surface area contributed by atoms with E-state index in [4.69, 9.17) is 0 Å². The number of piperidine rings is 1. The van der Waals surface area contributed by atoms with Crippen LogP contribution >= 0.6 is 11.3 Å². The van der Waals surface area contributed by atoms with Crippen molar-refractivity contribution in [3.8, 4) is 0 Å². The number of hydrogen-bond donors (Lipinski definition) is 2. The Morgan fingerprint density at radius 2 is 2.24 bits per heavy atom. The van der Waals surface area contributed by atoms with Crippen molar-refractivity contribution in [3.63, 3.8) is 0 Å². The first kappa shape index (κ1) is 14.7. The summed E-state index contributed by atoms with van der Waals surface area (Å²) in [5, 5.41) is 14.5. The van der Waals surface area contributed by atoms with Crippen LogP contribution in [0.25, 0.3) is 10.2 Å². The number of hydrogen-bond acceptors (Lipinski definition) is 5. The van der Waals surface area contributed by atoms with E-state index >= 15 is 0 Å². The molecule has 1 aliphatic rings. The second kappa shape index (κ2) is 5.87. The average molecular weight is 307 g/mol. The van der Waals surface area contributed by atoms with Crippen molar-refractivity contribution >= 4 is 21.6 Å². The van der Waals surface area contributed by atoms with Gasteiger partial charge in [0.2, 0.25) is 0 Å². The monoisotopic (exact) mass is 307 g/mol. The summed E-state index contributed by atoms with van der Waals surface area (Å²) in [5.41, 5.74) is -0.835. The van der Waals surface area contributed by atoms with Gasteiger partial charge >= 0.3 is 0 Å². The zero-order valence-corrected chi connectivity index (χ0v) is 13.1. The summed E-state index contributed by atoms with van der Waals surface area (Å²) in [4.78, 5) is 19.0. The van der Waals surface area contributed by atoms with Crippen molar-refractivity contribution in [3.05, 3.63) is 27.6 Å². The van der Waals surface area contributed by atoms with E-state index in [-0.39, 0.29) is 5.56 Å². The van der Waals surface area contributed by atoms with Crippen LogP contribution in [0, 0.1) is 0 Å². The first-order valence-electron chi connectivity index (χ1n) is 7.52. The van der Waals surface area contributed by atoms with Crippen LogP contribution < -0.4 is 10.9 Å². The lowest BCUT2D eigenvalue weighted by atomic mass is 9.92. The predicted molar refractivity (Wildman–Crippen MR) is 84.9 cm³/mol. The number of aryl methyl sites for hydroxylation is 1. The minimum Gasteiger partial charge on any atom is -0.388 e. The molecular formula is C15H21N3O2S. The summed E-state index contributed by atoms with van der Waals surface area (Å²) in [6, 6.07) is 1.96. The lowest BCUT2D eigenvalue weighted by Crippen LogP contribution is -2.46. The molecule has 0 radical (unpaired) electrons. The Labute approximate surface area is 127 Å². The van der Waals surface area contributed by atoms with Gasteiger partial charge < -0.3 is 10.4 Å². The molecule has 3 rings (SSSR count). The van der Waals surface area contributed by atoms with E-state index in [1.807, 2.05) is 6.07 Å². The van der Waals surface area contributed by atoms with Crippen LogP contribution in [-0.4, -0.2) is 33.3 Å². The van der Waals surface area contributed by atoms with E-state index in [2.05, 4.69) is 17.2 Å². The molecule has 2 aromatic rings. The van der Waals surface area contributed by atoms with Crippen molar-refractivity contribution < 1.29 is 5.11 Å². The zero-order chi connectivity index (χ0) is 14.9. The number of thiophene rings is 1. The highest BCUT2D eigenvalue weighted by Gasteiger charge is 2.30. The number of nitrogens with zero attached hydrogens (tertiary/aromatic N) is 2. The Bertz CT molecular complexity index is 686. The maximum Gasteiger partial charge on any atom is 0.262 e. The molecule has 1 saturated heterocycles. The molecule has 114 valence electrons. The minimum atomic E-state index is -0.799. The molecule has 0 atom stereocenters. The molecule has 1 aliphatic heterocycles. The molecule has 0 amide bonds. The van der Waals surface area contributed by atoms with Crippen LogP contribution in [0.1, 0.15) is 31.1 Å². The maximum atomic E-state index is 12.6. The molecule has 0 spiro atoms. The second-order valence-electron chi connectivity index (χ2n) is 5.83. The van der Waals surface area contributed by atoms with Crippen molar-refractivity contribution in [2.24, 2.45) is 0 Å². The largest absolute Gasteiger partial charge is 0.388 e. The summed E-state index contributed by atoms with van der Waals surface area (Å²) in [7, 11) is 0. The van der Waals surface area contributed by atoms with Gasteiger partial charge in [0.05, 0.1) is 23.9 Å². The number of fused-ring (bicyclic) bond motifs is 1. The van der Waals surface area contributed by atoms with Gasteiger partial charge in [0.15, 0.2) is 0 Å². The van der Waals surface area contributed by atoms with E-state index in [1.165, 1.54) is 4.88 Å². The third-order valence-electron chi connectivity index (χ3n) is 4.06. The van der Waals surface area contributed by atoms with Gasteiger partial charge in [-0.1, -0.05) is 13.3 Å². The molecule has 2 N–H and O–H groups in total. The minimum absolute atomic E-state index is 0.0365. The lowest BCUT2D eigenvalue weighted by Gasteiger charge is -2.32. The fourth-order valence-electron chi connectivity index (χ4n) is 2.86. The van der Waals surface area contributed by atoms with Gasteiger partial charge in [0.25, 0.3) is 5.56 Å². The summed E-state index contributed by atoms with van der Waals surface area (Å²) in [5.74, 6) is 0. The topological polar surface area (TPSA) is 67.2 Å². The zero-order valence-electron chi connectivity index (χ0n) is 12.3. The van der Waals surface area contributed by atoms with Crippen molar-refractivity contribution in [1.29, 1.82) is 0 Å². The second-order valence-corrected chi connectivity index (χ2v) is 6.95. The average Bonchev–Trinajstić information content (AvgIpc) is 2.87. The number of nitrogens with one attached hydrogen (secondary N) is 1. The van der Waals surface area contributed by atoms with Gasteiger partial charge in [-0.25, -0.2) is 4.98 Å². The molecule has 21 heavy (non-hydrogen) atoms. The van der Waals surface area contributed by atoms with Crippen LogP contribution in [0.4, 0.5) is 0 Å². The van der Waals surface area contributed by atoms with Crippen molar-refractivity contribution in [2.45, 2.75) is 44.8 Å². The highest BCUT2D eigenvalue weighted by molar-refractivity contribution is 7.18. The number of aromatic nitrogens is 2. The van der Waals surface area contributed by atoms with Gasteiger partial charge in [0, 0.05) is 4.88 Å². The number of aliphatic hydroxyl groups is 1. The number of rotatable bonds is 4. The van der Waals surface area contributed by atoms with Crippen LogP contribution in [0.15, 0.2) is 17.2 Å². The lowest BCUT2D eigenvalue weighted by molar-refractivity contribution is -0.00627. The van der Waals surface area contributed by atoms with E-state index in [0.29, 0.717) is 24.8 Å². The highest BCUT2D eigenvalue weighted by Crippen LogP contribution is 2.23. The molecule has 6 heteroatoms. The fourth-order valence-corrected chi connectivity index (χ4v) is 3.95. The SMILES string of the molecule is CCCc1cc2c(=O)n(CC3(O)CCNCC3)cnc2s1. The van der Waals surface area contributed by atoms with E-state index in [0.717, 1.165) is 30.8 Å². The van der Waals surface area contributed by atoms with Gasteiger partial charge in [-0.2, -0.15) is 0 Å². The van der Waals surface area contributed by atoms with E-state index < -0.39 is 5.60 Å². The molecule has 0 aromatic carbocycles. The van der Waals surface area contributed by atoms with Crippen LogP contribution in [0.5, 0.6) is 0 Å². The Balaban J connectivity index is 1.92. The molecule has 2 aromatic heterocycles. The third-order valence-corrected chi connectivity index (χ3v) is 5.17. The van der Waals surface area contributed by atoms with Crippen LogP contribution in [0.3, 0.4) is 0 Å². The first-order valence-corrected chi connectivity index (χ1v) is 8.34. The van der Waals surface area contributed by atoms with Gasteiger partial charge in [-0.15, -0.1) is 11.3 Å². The van der Waals surface area contributed by atoms with Gasteiger partial charge in [-0.3, -0.25) is 9.36 Å². The van der Waals surface area contributed by atoms with Crippen molar-refractivity contribution in [1.82, 2.24) is 14.9 Å². The molecule has 1 fully saturated rings. The highest BCUT2D eigenvalue weighted by atomic mass is 32.1. The molecular weight excluding hydrogens is 286 g/mol. The molecule has 0 bridgehead atoms. The summed E-state index contributed by atoms with van der Waals surface area (Å²) < 4.78 is 1.57. The van der Waals surface area contributed by atoms with E-state index in [9.17, 15) is 9.90 Å². The molecule has 0 saturated carbocycles. The van der Waals surface area contributed by atoms with Gasteiger partial charge in [-0.05, 0) is 38.4 Å². The fraction of sp³-hybridized carbons (Fsp3) is 0.600. The smallest absolute Gasteiger partial charge is 0.262 e. The predicted octanol–water partition coefficient (Wildman–Crippen LogP) is 1.52. The Morgan fingerprint density at radius 1 is 1.48 bits per heavy atom. The normalized spacial score (nSPS) is 18.2. The first-order chi connectivity index (χ1) is 10.1. The van der Waals surface area contributed by atoms with E-state index in [1.54, 1.807) is 22.2 Å². The Morgan fingerprint density at radius 3 is 2.95 bits per heavy atom. The molecule has 0 aliphatic carbocycles. The van der Waals surface area contributed by atoms with Crippen LogP contribution in [-0.2, 0) is 13.0 Å². The Hall–Kier alpha value is -1.24. The standard InChI is InChI=1S/C15H21N3O2S/c1-2-3-11-8-12-13(21-11)17-10-18(14(12)19)9-15(20)4-6-16-7-5-15/h8,10,16,20H,2-7,9H2,1H3. The molecule has 5 nitrogen and oxygen atoms in total. The summed E-state index contributed by atoms with van der Waals surface area (Å²) >= 11 is 1.59. The molecule has 3 heterocycles. The summed E-state index contributed by atoms with van der Waals surface area (Å²) in [6.45, 7) is 4.04. The quantitative estimate of drug-likeness (QED) is 0.899. The third kappa shape index (κ3) is 3.02. The van der Waals surface area contributed by atoms with Crippen LogP contribution in [0.2, 0.25) is 0 Å². The maximum absolute atomic E-state index is 12.6. The Kier molecular flexibility index (Phi) is 4.10. The van der Waals surface area contributed by atoms with Gasteiger partial charge in [0.1, 0.15) is 4.83 Å².